The van der Waals surface area contributed by atoms with E-state index in [9.17, 15) is 14.7 Å². The summed E-state index contributed by atoms with van der Waals surface area (Å²) in [5.41, 5.74) is 4.76. The Morgan fingerprint density at radius 3 is 2.53 bits per heavy atom. The van der Waals surface area contributed by atoms with Gasteiger partial charge in [0.2, 0.25) is 0 Å². The number of amides is 1. The Balaban J connectivity index is 1.96. The molecule has 1 atom stereocenters. The summed E-state index contributed by atoms with van der Waals surface area (Å²) >= 11 is 0. The fourth-order valence-corrected chi connectivity index (χ4v) is 4.85. The largest absolute Gasteiger partial charge is 0.507 e. The number of H-pyrrole nitrogens is 1. The molecule has 2 heterocycles. The number of aryl methyl sites for hydroxylation is 3. The van der Waals surface area contributed by atoms with Crippen LogP contribution in [0, 0.1) is 20.8 Å². The topological polar surface area (TPSA) is 91.9 Å². The van der Waals surface area contributed by atoms with Gasteiger partial charge in [0.1, 0.15) is 11.5 Å². The zero-order valence-electron chi connectivity index (χ0n) is 20.2. The van der Waals surface area contributed by atoms with Gasteiger partial charge in [-0.05, 0) is 56.5 Å². The second-order valence-electron chi connectivity index (χ2n) is 8.68. The number of ether oxygens (including phenoxy) is 2. The number of aromatic amines is 1. The summed E-state index contributed by atoms with van der Waals surface area (Å²) in [4.78, 5) is 31.5. The third-order valence-electron chi connectivity index (χ3n) is 6.50. The summed E-state index contributed by atoms with van der Waals surface area (Å²) in [5.74, 6) is -0.781. The molecule has 0 spiro atoms. The molecule has 34 heavy (non-hydrogen) atoms. The Bertz CT molecular complexity index is 1300. The number of fused-ring (bicyclic) bond motifs is 1. The number of ketones is 1. The van der Waals surface area contributed by atoms with Crippen molar-refractivity contribution in [2.24, 2.45) is 0 Å². The summed E-state index contributed by atoms with van der Waals surface area (Å²) in [6.45, 7) is 6.43. The Morgan fingerprint density at radius 1 is 1.09 bits per heavy atom. The van der Waals surface area contributed by atoms with Gasteiger partial charge >= 0.3 is 0 Å². The molecule has 1 amide bonds. The minimum Gasteiger partial charge on any atom is -0.507 e. The van der Waals surface area contributed by atoms with E-state index in [1.54, 1.807) is 25.2 Å². The molecule has 3 aromatic rings. The number of nitrogens with one attached hydrogen (secondary N) is 1. The quantitative estimate of drug-likeness (QED) is 0.232. The summed E-state index contributed by atoms with van der Waals surface area (Å²) in [6, 6.07) is 10.7. The second kappa shape index (κ2) is 9.35. The highest BCUT2D eigenvalue weighted by atomic mass is 16.5. The van der Waals surface area contributed by atoms with Crippen molar-refractivity contribution in [1.82, 2.24) is 9.88 Å². The molecule has 0 saturated carbocycles. The van der Waals surface area contributed by atoms with Crippen LogP contribution in [0.5, 0.6) is 5.75 Å². The van der Waals surface area contributed by atoms with Gasteiger partial charge in [-0.2, -0.15) is 0 Å². The number of nitrogens with zero attached hydrogens (tertiary/aromatic N) is 1. The molecule has 1 aromatic heterocycles. The first kappa shape index (κ1) is 23.6. The third kappa shape index (κ3) is 3.86. The van der Waals surface area contributed by atoms with Crippen molar-refractivity contribution in [3.8, 4) is 5.75 Å². The number of hydrogen-bond acceptors (Lipinski definition) is 5. The number of likely N-dealkylation sites (tertiary alicyclic amines) is 1. The van der Waals surface area contributed by atoms with Crippen LogP contribution in [0.1, 0.15) is 40.4 Å². The van der Waals surface area contributed by atoms with E-state index in [-0.39, 0.29) is 11.3 Å². The van der Waals surface area contributed by atoms with Gasteiger partial charge < -0.3 is 24.5 Å². The second-order valence-corrected chi connectivity index (χ2v) is 8.68. The lowest BCUT2D eigenvalue weighted by molar-refractivity contribution is -0.140. The van der Waals surface area contributed by atoms with Crippen LogP contribution in [0.15, 0.2) is 42.0 Å². The van der Waals surface area contributed by atoms with Crippen molar-refractivity contribution < 1.29 is 24.2 Å². The summed E-state index contributed by atoms with van der Waals surface area (Å²) in [7, 11) is 3.19. The van der Waals surface area contributed by atoms with Crippen LogP contribution in [0.2, 0.25) is 0 Å². The van der Waals surface area contributed by atoms with Gasteiger partial charge in [-0.3, -0.25) is 9.59 Å². The van der Waals surface area contributed by atoms with Crippen LogP contribution in [-0.2, 0) is 14.3 Å². The van der Waals surface area contributed by atoms with Crippen molar-refractivity contribution in [3.05, 3.63) is 69.9 Å². The Labute approximate surface area is 199 Å². The van der Waals surface area contributed by atoms with E-state index in [2.05, 4.69) is 4.98 Å². The van der Waals surface area contributed by atoms with Gasteiger partial charge in [0.25, 0.3) is 11.7 Å². The molecule has 1 saturated heterocycles. The van der Waals surface area contributed by atoms with Crippen molar-refractivity contribution >= 4 is 28.4 Å². The highest BCUT2D eigenvalue weighted by Crippen LogP contribution is 2.44. The number of aliphatic hydroxyl groups excluding tert-OH is 1. The van der Waals surface area contributed by atoms with Crippen LogP contribution in [0.25, 0.3) is 16.7 Å². The molecule has 7 nitrogen and oxygen atoms in total. The van der Waals surface area contributed by atoms with Gasteiger partial charge in [-0.25, -0.2) is 0 Å². The van der Waals surface area contributed by atoms with E-state index in [1.807, 2.05) is 51.1 Å². The number of aliphatic hydroxyl groups is 1. The first-order valence-corrected chi connectivity index (χ1v) is 11.3. The Kier molecular flexibility index (Phi) is 6.48. The number of methoxy groups -OCH3 is 2. The predicted octanol–water partition coefficient (Wildman–Crippen LogP) is 4.56. The molecule has 1 aliphatic heterocycles. The minimum absolute atomic E-state index is 0.0999. The maximum Gasteiger partial charge on any atom is 0.295 e. The zero-order chi connectivity index (χ0) is 24.6. The fraction of sp³-hybridized carbons (Fsp3) is 0.333. The van der Waals surface area contributed by atoms with E-state index in [4.69, 9.17) is 9.47 Å². The highest BCUT2D eigenvalue weighted by molar-refractivity contribution is 6.46. The predicted molar refractivity (Wildman–Crippen MR) is 131 cm³/mol. The van der Waals surface area contributed by atoms with Crippen LogP contribution in [-0.4, -0.2) is 54.1 Å². The van der Waals surface area contributed by atoms with Crippen molar-refractivity contribution in [3.63, 3.8) is 0 Å². The third-order valence-corrected chi connectivity index (χ3v) is 6.50. The number of benzene rings is 2. The van der Waals surface area contributed by atoms with Gasteiger partial charge in [0, 0.05) is 48.0 Å². The zero-order valence-corrected chi connectivity index (χ0v) is 20.2. The number of carbonyl (C=O) groups is 2. The first-order chi connectivity index (χ1) is 16.3. The van der Waals surface area contributed by atoms with Crippen LogP contribution < -0.4 is 4.74 Å². The lowest BCUT2D eigenvalue weighted by atomic mass is 9.91. The number of carbonyl (C=O) groups excluding carboxylic acids is 2. The SMILES string of the molecule is COCCCN1C(=O)C(=O)/C(=C(/O)c2cc(C)c(OC)cc2C)C1c1c(C)[nH]c2ccccc12. The smallest absolute Gasteiger partial charge is 0.295 e. The summed E-state index contributed by atoms with van der Waals surface area (Å²) in [5, 5.41) is 12.4. The number of hydrogen-bond donors (Lipinski definition) is 2. The van der Waals surface area contributed by atoms with Crippen LogP contribution >= 0.6 is 0 Å². The van der Waals surface area contributed by atoms with Gasteiger partial charge in [0.05, 0.1) is 18.7 Å². The molecule has 0 aliphatic carbocycles. The standard InChI is InChI=1S/C27H30N2O5/c1-15-14-21(34-5)16(2)13-19(15)25(30)23-24(29(11-8-12-33-4)27(32)26(23)31)22-17(3)28-20-10-7-6-9-18(20)22/h6-7,9-10,13-14,24,28,30H,8,11-12H2,1-5H3/b25-23+. The molecule has 1 fully saturated rings. The first-order valence-electron chi connectivity index (χ1n) is 11.3. The Hall–Kier alpha value is -3.58. The monoisotopic (exact) mass is 462 g/mol. The Morgan fingerprint density at radius 2 is 1.82 bits per heavy atom. The number of aromatic nitrogens is 1. The van der Waals surface area contributed by atoms with Crippen LogP contribution in [0.4, 0.5) is 0 Å². The number of rotatable bonds is 7. The lowest BCUT2D eigenvalue weighted by Crippen LogP contribution is -2.31. The van der Waals surface area contributed by atoms with Gasteiger partial charge in [-0.1, -0.05) is 18.2 Å². The van der Waals surface area contributed by atoms with E-state index < -0.39 is 17.7 Å². The summed E-state index contributed by atoms with van der Waals surface area (Å²) < 4.78 is 10.6. The molecule has 0 radical (unpaired) electrons. The molecule has 178 valence electrons. The van der Waals surface area contributed by atoms with Gasteiger partial charge in [0.15, 0.2) is 0 Å². The highest BCUT2D eigenvalue weighted by Gasteiger charge is 2.47. The normalized spacial score (nSPS) is 17.7. The van der Waals surface area contributed by atoms with Gasteiger partial charge in [-0.15, -0.1) is 0 Å². The van der Waals surface area contributed by atoms with Crippen molar-refractivity contribution in [1.29, 1.82) is 0 Å². The molecule has 1 unspecified atom stereocenters. The average molecular weight is 463 g/mol. The van der Waals surface area contributed by atoms with E-state index in [0.717, 1.165) is 33.3 Å². The number of para-hydroxylation sites is 1. The molecular weight excluding hydrogens is 432 g/mol. The molecular formula is C27H30N2O5. The molecule has 2 N–H and O–H groups in total. The summed E-state index contributed by atoms with van der Waals surface area (Å²) in [6.07, 6.45) is 0.572. The number of Topliss-reactive ketones (excluding diaryl/α,β-unsaturated/α-hetero) is 1. The van der Waals surface area contributed by atoms with Crippen molar-refractivity contribution in [2.45, 2.75) is 33.2 Å². The van der Waals surface area contributed by atoms with E-state index in [1.165, 1.54) is 0 Å². The average Bonchev–Trinajstić information content (AvgIpc) is 3.27. The minimum atomic E-state index is -0.713. The molecule has 1 aliphatic rings. The fourth-order valence-electron chi connectivity index (χ4n) is 4.85. The van der Waals surface area contributed by atoms with E-state index >= 15 is 0 Å². The van der Waals surface area contributed by atoms with Crippen molar-refractivity contribution in [2.75, 3.05) is 27.4 Å². The van der Waals surface area contributed by atoms with Crippen LogP contribution in [0.3, 0.4) is 0 Å². The molecule has 2 aromatic carbocycles. The molecule has 4 rings (SSSR count). The maximum atomic E-state index is 13.4. The lowest BCUT2D eigenvalue weighted by Gasteiger charge is -2.26. The molecule has 0 bridgehead atoms. The maximum absolute atomic E-state index is 13.4. The van der Waals surface area contributed by atoms with E-state index in [0.29, 0.717) is 30.9 Å². The molecule has 7 heteroatoms.